The van der Waals surface area contributed by atoms with Crippen LogP contribution in [0.15, 0.2) is 60.3 Å². The fraction of sp³-hybridized carbons (Fsp3) is 0.227. The number of nitrogens with one attached hydrogen (secondary N) is 1. The Kier molecular flexibility index (Phi) is 6.46. The van der Waals surface area contributed by atoms with E-state index in [1.54, 1.807) is 41.3 Å². The number of allylic oxidation sites excluding steroid dienone is 1. The minimum absolute atomic E-state index is 0.0638. The largest absolute Gasteiger partial charge is 0.416 e. The Bertz CT molecular complexity index is 1020. The van der Waals surface area contributed by atoms with Crippen molar-refractivity contribution >= 4 is 17.3 Å². The van der Waals surface area contributed by atoms with Crippen molar-refractivity contribution in [3.63, 3.8) is 0 Å². The van der Waals surface area contributed by atoms with Crippen molar-refractivity contribution in [3.8, 4) is 12.1 Å². The van der Waals surface area contributed by atoms with Gasteiger partial charge in [0.05, 0.1) is 5.56 Å². The van der Waals surface area contributed by atoms with Crippen LogP contribution in [0.2, 0.25) is 0 Å². The lowest BCUT2D eigenvalue weighted by atomic mass is 10.1. The van der Waals surface area contributed by atoms with Crippen LogP contribution in [-0.2, 0) is 6.18 Å². The van der Waals surface area contributed by atoms with Gasteiger partial charge in [0, 0.05) is 49.3 Å². The molecule has 0 aromatic heterocycles. The monoisotopic (exact) mass is 425 g/mol. The number of rotatable bonds is 4. The fourth-order valence-electron chi connectivity index (χ4n) is 3.17. The standard InChI is InChI=1S/C22H18F3N5O/c23-22(24,25)18-3-7-20(8-4-18)29-9-11-30(12-10-29)21(31)17-1-5-19(6-2-17)28-15-16(13-26)14-27/h1-8,15,28H,9-12H2. The van der Waals surface area contributed by atoms with Crippen LogP contribution in [0.25, 0.3) is 0 Å². The molecule has 1 amide bonds. The summed E-state index contributed by atoms with van der Waals surface area (Å²) in [5, 5.41) is 20.3. The summed E-state index contributed by atoms with van der Waals surface area (Å²) in [5.41, 5.74) is 1.07. The summed E-state index contributed by atoms with van der Waals surface area (Å²) in [5.74, 6) is -0.135. The molecule has 1 aliphatic rings. The molecule has 9 heteroatoms. The molecule has 1 saturated heterocycles. The van der Waals surface area contributed by atoms with Crippen molar-refractivity contribution < 1.29 is 18.0 Å². The van der Waals surface area contributed by atoms with Crippen LogP contribution in [0.4, 0.5) is 24.5 Å². The van der Waals surface area contributed by atoms with Crippen molar-refractivity contribution in [1.82, 2.24) is 4.90 Å². The van der Waals surface area contributed by atoms with Gasteiger partial charge >= 0.3 is 6.18 Å². The van der Waals surface area contributed by atoms with Crippen LogP contribution >= 0.6 is 0 Å². The van der Waals surface area contributed by atoms with Gasteiger partial charge < -0.3 is 15.1 Å². The van der Waals surface area contributed by atoms with Gasteiger partial charge in [0.2, 0.25) is 0 Å². The molecular formula is C22H18F3N5O. The first-order valence-corrected chi connectivity index (χ1v) is 9.40. The summed E-state index contributed by atoms with van der Waals surface area (Å²) in [6.45, 7) is 1.95. The molecule has 1 N–H and O–H groups in total. The first-order valence-electron chi connectivity index (χ1n) is 9.40. The predicted octanol–water partition coefficient (Wildman–Crippen LogP) is 4.01. The molecule has 0 spiro atoms. The number of alkyl halides is 3. The van der Waals surface area contributed by atoms with E-state index in [9.17, 15) is 18.0 Å². The quantitative estimate of drug-likeness (QED) is 0.749. The number of hydrogen-bond donors (Lipinski definition) is 1. The van der Waals surface area contributed by atoms with E-state index >= 15 is 0 Å². The second-order valence-electron chi connectivity index (χ2n) is 6.83. The number of benzene rings is 2. The van der Waals surface area contributed by atoms with E-state index in [0.29, 0.717) is 43.1 Å². The highest BCUT2D eigenvalue weighted by Crippen LogP contribution is 2.30. The van der Waals surface area contributed by atoms with Crippen LogP contribution in [0.1, 0.15) is 15.9 Å². The van der Waals surface area contributed by atoms with Crippen LogP contribution in [0, 0.1) is 22.7 Å². The highest BCUT2D eigenvalue weighted by Gasteiger charge is 2.30. The number of halogens is 3. The van der Waals surface area contributed by atoms with Gasteiger partial charge in [-0.3, -0.25) is 4.79 Å². The van der Waals surface area contributed by atoms with Crippen LogP contribution in [-0.4, -0.2) is 37.0 Å². The van der Waals surface area contributed by atoms with E-state index < -0.39 is 11.7 Å². The van der Waals surface area contributed by atoms with Gasteiger partial charge in [-0.2, -0.15) is 23.7 Å². The maximum Gasteiger partial charge on any atom is 0.416 e. The van der Waals surface area contributed by atoms with Crippen LogP contribution in [0.3, 0.4) is 0 Å². The molecule has 0 saturated carbocycles. The van der Waals surface area contributed by atoms with E-state index in [4.69, 9.17) is 10.5 Å². The number of carbonyl (C=O) groups excluding carboxylic acids is 1. The molecule has 0 atom stereocenters. The Hall–Kier alpha value is -3.98. The Morgan fingerprint density at radius 3 is 2.03 bits per heavy atom. The molecule has 0 aliphatic carbocycles. The Labute approximate surface area is 177 Å². The highest BCUT2D eigenvalue weighted by atomic mass is 19.4. The SMILES string of the molecule is N#CC(C#N)=CNc1ccc(C(=O)N2CCN(c3ccc(C(F)(F)F)cc3)CC2)cc1. The molecule has 158 valence electrons. The summed E-state index contributed by atoms with van der Waals surface area (Å²) in [7, 11) is 0. The second-order valence-corrected chi connectivity index (χ2v) is 6.83. The average Bonchev–Trinajstić information content (AvgIpc) is 2.79. The highest BCUT2D eigenvalue weighted by molar-refractivity contribution is 5.94. The lowest BCUT2D eigenvalue weighted by Gasteiger charge is -2.36. The number of hydrogen-bond acceptors (Lipinski definition) is 5. The molecule has 0 radical (unpaired) electrons. The first-order chi connectivity index (χ1) is 14.8. The molecule has 0 bridgehead atoms. The lowest BCUT2D eigenvalue weighted by molar-refractivity contribution is -0.137. The van der Waals surface area contributed by atoms with E-state index in [1.807, 2.05) is 4.90 Å². The van der Waals surface area contributed by atoms with Crippen molar-refractivity contribution in [1.29, 1.82) is 10.5 Å². The van der Waals surface area contributed by atoms with Gasteiger partial charge in [0.15, 0.2) is 0 Å². The minimum Gasteiger partial charge on any atom is -0.368 e. The van der Waals surface area contributed by atoms with Gasteiger partial charge in [0.1, 0.15) is 17.7 Å². The van der Waals surface area contributed by atoms with Crippen molar-refractivity contribution in [2.45, 2.75) is 6.18 Å². The number of carbonyl (C=O) groups is 1. The second kappa shape index (κ2) is 9.23. The summed E-state index contributed by atoms with van der Waals surface area (Å²) >= 11 is 0. The molecule has 1 fully saturated rings. The van der Waals surface area contributed by atoms with E-state index in [-0.39, 0.29) is 11.5 Å². The zero-order valence-electron chi connectivity index (χ0n) is 16.4. The van der Waals surface area contributed by atoms with Crippen molar-refractivity contribution in [2.75, 3.05) is 36.4 Å². The maximum absolute atomic E-state index is 12.7. The van der Waals surface area contributed by atoms with E-state index in [1.165, 1.54) is 18.3 Å². The van der Waals surface area contributed by atoms with Crippen LogP contribution < -0.4 is 10.2 Å². The summed E-state index contributed by atoms with van der Waals surface area (Å²) in [6, 6.07) is 15.2. The maximum atomic E-state index is 12.7. The third-order valence-corrected chi connectivity index (χ3v) is 4.88. The molecule has 1 heterocycles. The molecule has 6 nitrogen and oxygen atoms in total. The molecule has 2 aromatic rings. The van der Waals surface area contributed by atoms with Gasteiger partial charge in [0.25, 0.3) is 5.91 Å². The Balaban J connectivity index is 1.57. The number of nitriles is 2. The molecule has 2 aromatic carbocycles. The lowest BCUT2D eigenvalue weighted by Crippen LogP contribution is -2.48. The third kappa shape index (κ3) is 5.34. The van der Waals surface area contributed by atoms with Gasteiger partial charge in [-0.25, -0.2) is 0 Å². The summed E-state index contributed by atoms with van der Waals surface area (Å²) in [6.07, 6.45) is -3.07. The normalized spacial score (nSPS) is 13.7. The zero-order valence-corrected chi connectivity index (χ0v) is 16.4. The van der Waals surface area contributed by atoms with E-state index in [0.717, 1.165) is 12.1 Å². The molecular weight excluding hydrogens is 407 g/mol. The van der Waals surface area contributed by atoms with Crippen molar-refractivity contribution in [2.24, 2.45) is 0 Å². The van der Waals surface area contributed by atoms with Crippen LogP contribution in [0.5, 0.6) is 0 Å². The van der Waals surface area contributed by atoms with Gasteiger partial charge in [-0.1, -0.05) is 0 Å². The summed E-state index contributed by atoms with van der Waals surface area (Å²) < 4.78 is 38.1. The fourth-order valence-corrected chi connectivity index (χ4v) is 3.17. The number of piperazine rings is 1. The molecule has 0 unspecified atom stereocenters. The first kappa shape index (κ1) is 21.7. The molecule has 31 heavy (non-hydrogen) atoms. The van der Waals surface area contributed by atoms with Gasteiger partial charge in [-0.05, 0) is 48.5 Å². The van der Waals surface area contributed by atoms with Gasteiger partial charge in [-0.15, -0.1) is 0 Å². The Morgan fingerprint density at radius 2 is 1.52 bits per heavy atom. The number of amides is 1. The average molecular weight is 425 g/mol. The smallest absolute Gasteiger partial charge is 0.368 e. The third-order valence-electron chi connectivity index (χ3n) is 4.88. The van der Waals surface area contributed by atoms with E-state index in [2.05, 4.69) is 5.32 Å². The summed E-state index contributed by atoms with van der Waals surface area (Å²) in [4.78, 5) is 16.4. The molecule has 3 rings (SSSR count). The topological polar surface area (TPSA) is 83.2 Å². The minimum atomic E-state index is -4.36. The number of anilines is 2. The number of nitrogens with zero attached hydrogens (tertiary/aromatic N) is 4. The zero-order chi connectivity index (χ0) is 22.4. The Morgan fingerprint density at radius 1 is 0.935 bits per heavy atom. The molecule has 1 aliphatic heterocycles. The predicted molar refractivity (Wildman–Crippen MR) is 109 cm³/mol. The van der Waals surface area contributed by atoms with Crippen molar-refractivity contribution in [3.05, 3.63) is 71.4 Å².